The van der Waals surface area contributed by atoms with Crippen LogP contribution in [0.25, 0.3) is 0 Å². The second-order valence-corrected chi connectivity index (χ2v) is 3.98. The Hall–Kier alpha value is -0.770. The summed E-state index contributed by atoms with van der Waals surface area (Å²) >= 11 is 6.12. The summed E-state index contributed by atoms with van der Waals surface area (Å²) in [4.78, 5) is 24.3. The van der Waals surface area contributed by atoms with Gasteiger partial charge in [0.2, 0.25) is 5.91 Å². The first-order valence-corrected chi connectivity index (χ1v) is 5.15. The van der Waals surface area contributed by atoms with Crippen LogP contribution in [0.1, 0.15) is 26.7 Å². The van der Waals surface area contributed by atoms with Gasteiger partial charge < -0.3 is 4.90 Å². The van der Waals surface area contributed by atoms with Gasteiger partial charge in [0.15, 0.2) is 0 Å². The van der Waals surface area contributed by atoms with Crippen molar-refractivity contribution in [3.63, 3.8) is 0 Å². The highest BCUT2D eigenvalue weighted by atomic mass is 35.5. The third kappa shape index (κ3) is 1.38. The SMILES string of the molecule is CCC1(CC)C(=O)NC(=O)N(C)C1Cl. The number of alkyl halides is 1. The van der Waals surface area contributed by atoms with E-state index in [2.05, 4.69) is 5.32 Å². The number of rotatable bonds is 2. The molecule has 1 saturated heterocycles. The molecule has 0 spiro atoms. The number of amides is 3. The Balaban J connectivity index is 3.05. The molecular weight excluding hydrogens is 204 g/mol. The maximum Gasteiger partial charge on any atom is 0.325 e. The van der Waals surface area contributed by atoms with Crippen molar-refractivity contribution in [2.45, 2.75) is 32.2 Å². The zero-order chi connectivity index (χ0) is 10.9. The highest BCUT2D eigenvalue weighted by molar-refractivity contribution is 6.25. The predicted octanol–water partition coefficient (Wildman–Crippen LogP) is 1.54. The van der Waals surface area contributed by atoms with Crippen LogP contribution in [0.5, 0.6) is 0 Å². The molecule has 1 N–H and O–H groups in total. The van der Waals surface area contributed by atoms with Gasteiger partial charge in [0.25, 0.3) is 0 Å². The summed E-state index contributed by atoms with van der Waals surface area (Å²) in [5.41, 5.74) is -1.21. The van der Waals surface area contributed by atoms with Crippen molar-refractivity contribution in [3.05, 3.63) is 0 Å². The maximum atomic E-state index is 11.7. The molecule has 5 heteroatoms. The van der Waals surface area contributed by atoms with Crippen LogP contribution in [0, 0.1) is 5.41 Å². The Kier molecular flexibility index (Phi) is 3.04. The number of nitrogens with zero attached hydrogens (tertiary/aromatic N) is 1. The van der Waals surface area contributed by atoms with E-state index >= 15 is 0 Å². The third-order valence-corrected chi connectivity index (χ3v) is 3.76. The van der Waals surface area contributed by atoms with E-state index in [9.17, 15) is 9.59 Å². The van der Waals surface area contributed by atoms with Crippen LogP contribution < -0.4 is 5.32 Å². The van der Waals surface area contributed by atoms with Crippen molar-refractivity contribution in [1.82, 2.24) is 10.2 Å². The Morgan fingerprint density at radius 1 is 1.43 bits per heavy atom. The minimum absolute atomic E-state index is 0.259. The number of urea groups is 1. The molecule has 14 heavy (non-hydrogen) atoms. The van der Waals surface area contributed by atoms with Crippen LogP contribution in [-0.4, -0.2) is 29.4 Å². The predicted molar refractivity (Wildman–Crippen MR) is 54.0 cm³/mol. The Bertz CT molecular complexity index is 264. The van der Waals surface area contributed by atoms with Gasteiger partial charge in [-0.2, -0.15) is 0 Å². The van der Waals surface area contributed by atoms with Crippen molar-refractivity contribution >= 4 is 23.5 Å². The van der Waals surface area contributed by atoms with Crippen molar-refractivity contribution in [3.8, 4) is 0 Å². The molecule has 0 bridgehead atoms. The molecule has 1 rings (SSSR count). The van der Waals surface area contributed by atoms with E-state index in [1.165, 1.54) is 4.90 Å². The Morgan fingerprint density at radius 3 is 2.36 bits per heavy atom. The van der Waals surface area contributed by atoms with Crippen LogP contribution in [0.15, 0.2) is 0 Å². The number of halogens is 1. The first-order chi connectivity index (χ1) is 6.49. The highest BCUT2D eigenvalue weighted by Crippen LogP contribution is 2.38. The number of carbonyl (C=O) groups is 2. The van der Waals surface area contributed by atoms with Gasteiger partial charge in [-0.3, -0.25) is 10.1 Å². The molecule has 0 radical (unpaired) electrons. The Labute approximate surface area is 88.6 Å². The first kappa shape index (κ1) is 11.3. The van der Waals surface area contributed by atoms with Gasteiger partial charge in [0.05, 0.1) is 5.41 Å². The lowest BCUT2D eigenvalue weighted by atomic mass is 9.79. The minimum atomic E-state index is -0.649. The van der Waals surface area contributed by atoms with E-state index in [1.807, 2.05) is 13.8 Å². The maximum absolute atomic E-state index is 11.7. The summed E-state index contributed by atoms with van der Waals surface area (Å²) in [5, 5.41) is 2.32. The molecular formula is C9H15ClN2O2. The van der Waals surface area contributed by atoms with Gasteiger partial charge in [-0.25, -0.2) is 4.79 Å². The molecule has 1 aliphatic heterocycles. The molecule has 1 atom stereocenters. The second-order valence-electron chi connectivity index (χ2n) is 3.57. The van der Waals surface area contributed by atoms with Gasteiger partial charge in [-0.15, -0.1) is 0 Å². The smallest absolute Gasteiger partial charge is 0.310 e. The minimum Gasteiger partial charge on any atom is -0.310 e. The van der Waals surface area contributed by atoms with E-state index in [0.29, 0.717) is 12.8 Å². The fraction of sp³-hybridized carbons (Fsp3) is 0.778. The summed E-state index contributed by atoms with van der Waals surface area (Å²) in [6, 6.07) is -0.424. The first-order valence-electron chi connectivity index (χ1n) is 4.72. The quantitative estimate of drug-likeness (QED) is 0.565. The zero-order valence-electron chi connectivity index (χ0n) is 8.63. The number of imide groups is 1. The van der Waals surface area contributed by atoms with E-state index in [0.717, 1.165) is 0 Å². The van der Waals surface area contributed by atoms with Gasteiger partial charge in [0.1, 0.15) is 5.50 Å². The van der Waals surface area contributed by atoms with Crippen molar-refractivity contribution in [2.24, 2.45) is 5.41 Å². The Morgan fingerprint density at radius 2 is 1.93 bits per heavy atom. The molecule has 0 saturated carbocycles. The van der Waals surface area contributed by atoms with Crippen molar-refractivity contribution in [2.75, 3.05) is 7.05 Å². The molecule has 0 aromatic rings. The topological polar surface area (TPSA) is 49.4 Å². The fourth-order valence-corrected chi connectivity index (χ4v) is 2.30. The molecule has 0 aromatic heterocycles. The van der Waals surface area contributed by atoms with E-state index in [1.54, 1.807) is 7.05 Å². The summed E-state index contributed by atoms with van der Waals surface area (Å²) in [6.07, 6.45) is 1.25. The monoisotopic (exact) mass is 218 g/mol. The number of hydrogen-bond acceptors (Lipinski definition) is 2. The van der Waals surface area contributed by atoms with Crippen LogP contribution in [-0.2, 0) is 4.79 Å². The standard InChI is InChI=1S/C9H15ClN2O2/c1-4-9(5-2)6(10)12(3)8(14)11-7(9)13/h6H,4-5H2,1-3H3,(H,11,13,14). The lowest BCUT2D eigenvalue weighted by Gasteiger charge is -2.43. The molecule has 1 aliphatic rings. The molecule has 80 valence electrons. The molecule has 1 unspecified atom stereocenters. The lowest BCUT2D eigenvalue weighted by molar-refractivity contribution is -0.134. The molecule has 4 nitrogen and oxygen atoms in total. The molecule has 3 amide bonds. The van der Waals surface area contributed by atoms with Gasteiger partial charge in [0, 0.05) is 7.05 Å². The summed E-state index contributed by atoms with van der Waals surface area (Å²) < 4.78 is 0. The highest BCUT2D eigenvalue weighted by Gasteiger charge is 2.49. The molecule has 0 aliphatic carbocycles. The van der Waals surface area contributed by atoms with Gasteiger partial charge in [-0.1, -0.05) is 25.4 Å². The fourth-order valence-electron chi connectivity index (χ4n) is 1.80. The average Bonchev–Trinajstić information content (AvgIpc) is 2.17. The van der Waals surface area contributed by atoms with Crippen LogP contribution in [0.2, 0.25) is 0 Å². The second kappa shape index (κ2) is 3.77. The average molecular weight is 219 g/mol. The van der Waals surface area contributed by atoms with E-state index in [4.69, 9.17) is 11.6 Å². The summed E-state index contributed by atoms with van der Waals surface area (Å²) in [5.74, 6) is -0.259. The summed E-state index contributed by atoms with van der Waals surface area (Å²) in [7, 11) is 1.60. The summed E-state index contributed by atoms with van der Waals surface area (Å²) in [6.45, 7) is 3.81. The van der Waals surface area contributed by atoms with Gasteiger partial charge in [-0.05, 0) is 12.8 Å². The molecule has 1 heterocycles. The van der Waals surface area contributed by atoms with E-state index in [-0.39, 0.29) is 5.91 Å². The third-order valence-electron chi connectivity index (χ3n) is 3.05. The van der Waals surface area contributed by atoms with Gasteiger partial charge >= 0.3 is 6.03 Å². The van der Waals surface area contributed by atoms with Crippen LogP contribution in [0.4, 0.5) is 4.79 Å². The normalized spacial score (nSPS) is 26.3. The van der Waals surface area contributed by atoms with Crippen LogP contribution in [0.3, 0.4) is 0 Å². The zero-order valence-corrected chi connectivity index (χ0v) is 9.39. The van der Waals surface area contributed by atoms with Crippen molar-refractivity contribution in [1.29, 1.82) is 0 Å². The number of nitrogens with one attached hydrogen (secondary N) is 1. The molecule has 0 aromatic carbocycles. The number of carbonyl (C=O) groups excluding carboxylic acids is 2. The van der Waals surface area contributed by atoms with Crippen LogP contribution >= 0.6 is 11.6 Å². The lowest BCUT2D eigenvalue weighted by Crippen LogP contribution is -2.62. The number of hydrogen-bond donors (Lipinski definition) is 1. The van der Waals surface area contributed by atoms with E-state index < -0.39 is 16.9 Å². The molecule has 1 fully saturated rings. The largest absolute Gasteiger partial charge is 0.325 e. The van der Waals surface area contributed by atoms with Crippen molar-refractivity contribution < 1.29 is 9.59 Å².